The summed E-state index contributed by atoms with van der Waals surface area (Å²) in [7, 11) is -3.98. The molecule has 0 unspecified atom stereocenters. The number of amides is 3. The van der Waals surface area contributed by atoms with Crippen LogP contribution >= 0.6 is 0 Å². The molecule has 3 amide bonds. The van der Waals surface area contributed by atoms with Gasteiger partial charge in [0.1, 0.15) is 0 Å². The number of hydrogen-bond acceptors (Lipinski definition) is 6. The minimum Gasteiger partial charge on any atom is -0.494 e. The third-order valence-electron chi connectivity index (χ3n) is 5.95. The van der Waals surface area contributed by atoms with E-state index < -0.39 is 22.1 Å². The quantitative estimate of drug-likeness (QED) is 0.405. The molecule has 0 bridgehead atoms. The fraction of sp³-hybridized carbons (Fsp3) is 0.348. The maximum Gasteiger partial charge on any atom is 0.328 e. The van der Waals surface area contributed by atoms with Crippen LogP contribution in [0.15, 0.2) is 53.7 Å². The Morgan fingerprint density at radius 3 is 2.53 bits per heavy atom. The highest BCUT2D eigenvalue weighted by Gasteiger charge is 2.20. The van der Waals surface area contributed by atoms with Crippen molar-refractivity contribution in [2.45, 2.75) is 37.0 Å². The molecule has 4 N–H and O–H groups in total. The number of aromatic nitrogens is 2. The van der Waals surface area contributed by atoms with Crippen LogP contribution < -0.4 is 15.4 Å². The molecule has 2 heterocycles. The van der Waals surface area contributed by atoms with E-state index in [1.54, 1.807) is 30.5 Å². The molecule has 0 saturated heterocycles. The topological polar surface area (TPSA) is 142 Å². The Morgan fingerprint density at radius 1 is 1.09 bits per heavy atom. The zero-order valence-electron chi connectivity index (χ0n) is 18.5. The summed E-state index contributed by atoms with van der Waals surface area (Å²) in [6.07, 6.45) is 7.87. The number of pyridine rings is 1. The lowest BCUT2D eigenvalue weighted by Gasteiger charge is -2.12. The summed E-state index contributed by atoms with van der Waals surface area (Å²) in [5, 5.41) is 16.0. The molecule has 3 aromatic rings. The molecule has 1 aromatic carbocycles. The van der Waals surface area contributed by atoms with Gasteiger partial charge in [-0.3, -0.25) is 4.98 Å². The fourth-order valence-corrected chi connectivity index (χ4v) is 5.01. The van der Waals surface area contributed by atoms with Crippen LogP contribution in [0.5, 0.6) is 5.88 Å². The first-order chi connectivity index (χ1) is 16.3. The van der Waals surface area contributed by atoms with E-state index in [9.17, 15) is 23.1 Å². The van der Waals surface area contributed by atoms with Crippen molar-refractivity contribution in [2.75, 3.05) is 13.1 Å². The van der Waals surface area contributed by atoms with Gasteiger partial charge in [0.25, 0.3) is 10.0 Å². The van der Waals surface area contributed by atoms with Crippen molar-refractivity contribution in [1.82, 2.24) is 24.9 Å². The predicted octanol–water partition coefficient (Wildman–Crippen LogP) is 2.72. The van der Waals surface area contributed by atoms with Crippen molar-refractivity contribution in [3.63, 3.8) is 0 Å². The third-order valence-corrected chi connectivity index (χ3v) is 7.30. The third kappa shape index (κ3) is 5.48. The van der Waals surface area contributed by atoms with Crippen molar-refractivity contribution in [3.8, 4) is 5.88 Å². The second kappa shape index (κ2) is 10.1. The van der Waals surface area contributed by atoms with Gasteiger partial charge in [-0.1, -0.05) is 25.0 Å². The zero-order valence-corrected chi connectivity index (χ0v) is 19.3. The van der Waals surface area contributed by atoms with Gasteiger partial charge in [0.05, 0.1) is 15.8 Å². The normalized spacial score (nSPS) is 14.2. The standard InChI is InChI=1S/C23H27N5O5S/c29-21-19-6-3-12-24-20(19)15-28(21)23(31)25-13-11-16-7-9-18(10-8-16)34(32,33)27-22(30)26-14-17-4-1-2-5-17/h3,6-10,12,15,17,29H,1-2,4-5,11,13-14H2,(H,25,31)(H2,26,27,30). The van der Waals surface area contributed by atoms with E-state index in [-0.39, 0.29) is 17.3 Å². The summed E-state index contributed by atoms with van der Waals surface area (Å²) < 4.78 is 28.0. The van der Waals surface area contributed by atoms with Crippen LogP contribution in [-0.4, -0.2) is 48.2 Å². The number of sulfonamides is 1. The second-order valence-corrected chi connectivity index (χ2v) is 10.0. The average Bonchev–Trinajstić information content (AvgIpc) is 3.46. The number of rotatable bonds is 7. The predicted molar refractivity (Wildman–Crippen MR) is 126 cm³/mol. The summed E-state index contributed by atoms with van der Waals surface area (Å²) in [5.41, 5.74) is 1.31. The highest BCUT2D eigenvalue weighted by molar-refractivity contribution is 7.90. The van der Waals surface area contributed by atoms with Gasteiger partial charge in [0.2, 0.25) is 5.88 Å². The van der Waals surface area contributed by atoms with Gasteiger partial charge in [-0.15, -0.1) is 0 Å². The summed E-state index contributed by atoms with van der Waals surface area (Å²) in [5.74, 6) is 0.223. The summed E-state index contributed by atoms with van der Waals surface area (Å²) in [4.78, 5) is 28.5. The van der Waals surface area contributed by atoms with Crippen LogP contribution in [0.2, 0.25) is 0 Å². The maximum atomic E-state index is 12.5. The molecule has 0 spiro atoms. The Balaban J connectivity index is 1.27. The number of fused-ring (bicyclic) bond motifs is 1. The Hall–Kier alpha value is -3.60. The van der Waals surface area contributed by atoms with E-state index in [2.05, 4.69) is 15.6 Å². The van der Waals surface area contributed by atoms with Crippen molar-refractivity contribution >= 4 is 33.0 Å². The van der Waals surface area contributed by atoms with Gasteiger partial charge in [0, 0.05) is 25.5 Å². The maximum absolute atomic E-state index is 12.5. The molecule has 10 nitrogen and oxygen atoms in total. The number of urea groups is 1. The molecule has 180 valence electrons. The Bertz CT molecular complexity index is 1280. The second-order valence-electron chi connectivity index (χ2n) is 8.35. The molecule has 0 atom stereocenters. The number of aromatic hydroxyl groups is 1. The summed E-state index contributed by atoms with van der Waals surface area (Å²) in [6, 6.07) is 8.21. The monoisotopic (exact) mass is 485 g/mol. The van der Waals surface area contributed by atoms with Crippen LogP contribution in [0.3, 0.4) is 0 Å². The lowest BCUT2D eigenvalue weighted by Crippen LogP contribution is -2.41. The van der Waals surface area contributed by atoms with E-state index in [4.69, 9.17) is 0 Å². The minimum absolute atomic E-state index is 0.0206. The molecule has 1 fully saturated rings. The highest BCUT2D eigenvalue weighted by Crippen LogP contribution is 2.25. The summed E-state index contributed by atoms with van der Waals surface area (Å²) in [6.45, 7) is 0.744. The van der Waals surface area contributed by atoms with Crippen molar-refractivity contribution < 1.29 is 23.1 Å². The lowest BCUT2D eigenvalue weighted by molar-refractivity contribution is 0.239. The smallest absolute Gasteiger partial charge is 0.328 e. The number of nitrogens with one attached hydrogen (secondary N) is 3. The highest BCUT2D eigenvalue weighted by atomic mass is 32.2. The van der Waals surface area contributed by atoms with Gasteiger partial charge >= 0.3 is 12.1 Å². The first-order valence-electron chi connectivity index (χ1n) is 11.2. The fourth-order valence-electron chi connectivity index (χ4n) is 4.08. The molecule has 4 rings (SSSR count). The van der Waals surface area contributed by atoms with E-state index in [0.717, 1.165) is 35.8 Å². The number of benzene rings is 1. The van der Waals surface area contributed by atoms with E-state index >= 15 is 0 Å². The minimum atomic E-state index is -3.98. The number of carbonyl (C=O) groups excluding carboxylic acids is 2. The number of hydrogen-bond donors (Lipinski definition) is 4. The zero-order chi connectivity index (χ0) is 24.1. The van der Waals surface area contributed by atoms with Crippen LogP contribution in [0, 0.1) is 5.92 Å². The van der Waals surface area contributed by atoms with E-state index in [1.807, 2.05) is 4.72 Å². The van der Waals surface area contributed by atoms with Gasteiger partial charge in [-0.25, -0.2) is 27.3 Å². The molecular formula is C23H27N5O5S. The first-order valence-corrected chi connectivity index (χ1v) is 12.6. The van der Waals surface area contributed by atoms with Gasteiger partial charge in [-0.2, -0.15) is 0 Å². The molecule has 1 saturated carbocycles. The Morgan fingerprint density at radius 2 is 1.82 bits per heavy atom. The van der Waals surface area contributed by atoms with Crippen LogP contribution in [0.1, 0.15) is 31.2 Å². The molecule has 1 aliphatic carbocycles. The molecular weight excluding hydrogens is 458 g/mol. The Labute approximate surface area is 197 Å². The molecule has 1 aliphatic rings. The number of nitrogens with zero attached hydrogens (tertiary/aromatic N) is 2. The van der Waals surface area contributed by atoms with Crippen LogP contribution in [0.4, 0.5) is 9.59 Å². The average molecular weight is 486 g/mol. The van der Waals surface area contributed by atoms with Crippen molar-refractivity contribution in [1.29, 1.82) is 0 Å². The van der Waals surface area contributed by atoms with Gasteiger partial charge < -0.3 is 15.7 Å². The van der Waals surface area contributed by atoms with Crippen LogP contribution in [-0.2, 0) is 16.4 Å². The van der Waals surface area contributed by atoms with Crippen molar-refractivity contribution in [2.24, 2.45) is 5.92 Å². The van der Waals surface area contributed by atoms with Gasteiger partial charge in [-0.05, 0) is 55.0 Å². The SMILES string of the molecule is O=C(NCC1CCCC1)NS(=O)(=O)c1ccc(CCNC(=O)n2cc3ncccc3c2O)cc1. The van der Waals surface area contributed by atoms with Gasteiger partial charge in [0.15, 0.2) is 0 Å². The Kier molecular flexibility index (Phi) is 7.01. The molecule has 34 heavy (non-hydrogen) atoms. The molecule has 11 heteroatoms. The molecule has 0 radical (unpaired) electrons. The molecule has 2 aromatic heterocycles. The molecule has 0 aliphatic heterocycles. The summed E-state index contributed by atoms with van der Waals surface area (Å²) >= 11 is 0. The van der Waals surface area contributed by atoms with E-state index in [1.165, 1.54) is 18.3 Å². The largest absolute Gasteiger partial charge is 0.494 e. The van der Waals surface area contributed by atoms with Crippen molar-refractivity contribution in [3.05, 3.63) is 54.4 Å². The van der Waals surface area contributed by atoms with Crippen LogP contribution in [0.25, 0.3) is 10.9 Å². The lowest BCUT2D eigenvalue weighted by atomic mass is 10.1. The first kappa shape index (κ1) is 23.6. The van der Waals surface area contributed by atoms with E-state index in [0.29, 0.717) is 29.8 Å². The number of carbonyl (C=O) groups is 2.